The summed E-state index contributed by atoms with van der Waals surface area (Å²) in [4.78, 5) is 0. The van der Waals surface area contributed by atoms with Crippen LogP contribution in [0.25, 0.3) is 21.5 Å². The zero-order valence-electron chi connectivity index (χ0n) is 12.4. The summed E-state index contributed by atoms with van der Waals surface area (Å²) in [6.07, 6.45) is 0. The van der Waals surface area contributed by atoms with Gasteiger partial charge in [0.25, 0.3) is 0 Å². The van der Waals surface area contributed by atoms with Crippen molar-refractivity contribution in [1.29, 1.82) is 0 Å². The third-order valence-corrected chi connectivity index (χ3v) is 11.8. The molecule has 0 aliphatic carbocycles. The summed E-state index contributed by atoms with van der Waals surface area (Å²) in [7, 11) is 5.04. The van der Waals surface area contributed by atoms with Gasteiger partial charge in [-0.15, -0.1) is 0 Å². The van der Waals surface area contributed by atoms with Crippen LogP contribution in [0.1, 0.15) is 0 Å². The summed E-state index contributed by atoms with van der Waals surface area (Å²) in [5, 5.41) is 4.66. The minimum absolute atomic E-state index is 1.10. The summed E-state index contributed by atoms with van der Waals surface area (Å²) in [6, 6.07) is 18.8. The summed E-state index contributed by atoms with van der Waals surface area (Å²) in [6.45, 7) is 0. The van der Waals surface area contributed by atoms with Gasteiger partial charge in [0, 0.05) is 0 Å². The second-order valence-corrected chi connectivity index (χ2v) is 13.0. The average Bonchev–Trinajstić information content (AvgIpc) is 2.56. The molecule has 0 spiro atoms. The quantitative estimate of drug-likeness (QED) is 0.507. The van der Waals surface area contributed by atoms with E-state index in [1.807, 2.05) is 24.3 Å². The molecule has 108 valence electrons. The first-order valence-electron chi connectivity index (χ1n) is 6.82. The van der Waals surface area contributed by atoms with E-state index < -0.39 is 19.6 Å². The summed E-state index contributed by atoms with van der Waals surface area (Å²) >= 11 is -3.79. The predicted molar refractivity (Wildman–Crippen MR) is 87.9 cm³/mol. The zero-order valence-corrected chi connectivity index (χ0v) is 15.3. The third-order valence-electron chi connectivity index (χ3n) is 3.88. The Kier molecular flexibility index (Phi) is 4.17. The molecule has 3 rings (SSSR count). The van der Waals surface area contributed by atoms with E-state index in [4.69, 9.17) is 9.22 Å². The predicted octanol–water partition coefficient (Wildman–Crippen LogP) is 3.08. The minimum atomic E-state index is -3.79. The van der Waals surface area contributed by atoms with Crippen molar-refractivity contribution in [1.82, 2.24) is 0 Å². The first kappa shape index (κ1) is 14.8. The molecule has 0 aliphatic heterocycles. The zero-order chi connectivity index (χ0) is 14.9. The van der Waals surface area contributed by atoms with Gasteiger partial charge in [0.2, 0.25) is 0 Å². The molecular weight excluding hydrogens is 371 g/mol. The molecule has 0 heterocycles. The van der Waals surface area contributed by atoms with Gasteiger partial charge in [-0.05, 0) is 0 Å². The second-order valence-electron chi connectivity index (χ2n) is 4.86. The average molecular weight is 389 g/mol. The van der Waals surface area contributed by atoms with Crippen LogP contribution >= 0.6 is 0 Å². The van der Waals surface area contributed by atoms with Crippen LogP contribution in [0.3, 0.4) is 0 Å². The molecule has 0 radical (unpaired) electrons. The second kappa shape index (κ2) is 5.93. The first-order valence-corrected chi connectivity index (χ1v) is 11.7. The van der Waals surface area contributed by atoms with E-state index in [0.29, 0.717) is 0 Å². The fourth-order valence-electron chi connectivity index (χ4n) is 2.90. The van der Waals surface area contributed by atoms with Crippen LogP contribution in [0, 0.1) is 0 Å². The van der Waals surface area contributed by atoms with Gasteiger partial charge < -0.3 is 0 Å². The van der Waals surface area contributed by atoms with Crippen molar-refractivity contribution in [3.63, 3.8) is 0 Å². The van der Waals surface area contributed by atoms with Gasteiger partial charge in [-0.2, -0.15) is 0 Å². The molecule has 21 heavy (non-hydrogen) atoms. The van der Waals surface area contributed by atoms with Crippen molar-refractivity contribution in [3.05, 3.63) is 54.6 Å². The summed E-state index contributed by atoms with van der Waals surface area (Å²) in [5.74, 6) is 0. The van der Waals surface area contributed by atoms with Crippen LogP contribution in [-0.2, 0) is 9.22 Å². The number of hydrogen-bond acceptors (Lipinski definition) is 3. The van der Waals surface area contributed by atoms with Crippen LogP contribution in [0.4, 0.5) is 0 Å². The molecule has 3 aromatic carbocycles. The molecule has 0 amide bonds. The van der Waals surface area contributed by atoms with Crippen molar-refractivity contribution in [2.45, 2.75) is 0 Å². The van der Waals surface area contributed by atoms with Gasteiger partial charge in [0.15, 0.2) is 0 Å². The number of rotatable bonds is 4. The molecule has 3 nitrogen and oxygen atoms in total. The Bertz CT molecular complexity index is 719. The van der Waals surface area contributed by atoms with Crippen LogP contribution in [0.5, 0.6) is 0 Å². The Morgan fingerprint density at radius 3 is 1.52 bits per heavy atom. The van der Waals surface area contributed by atoms with Gasteiger partial charge in [-0.1, -0.05) is 0 Å². The van der Waals surface area contributed by atoms with Crippen molar-refractivity contribution in [2.75, 3.05) is 21.3 Å². The van der Waals surface area contributed by atoms with Gasteiger partial charge in [-0.3, -0.25) is 0 Å². The fourth-order valence-corrected chi connectivity index (χ4v) is 9.26. The number of hydrogen-bond donors (Lipinski definition) is 0. The van der Waals surface area contributed by atoms with E-state index in [2.05, 4.69) is 30.3 Å². The molecule has 4 heteroatoms. The number of benzene rings is 3. The molecule has 0 unspecified atom stereocenters. The molecule has 3 aromatic rings. The molecule has 0 bridgehead atoms. The molecule has 0 aromatic heterocycles. The molecule has 0 saturated heterocycles. The maximum atomic E-state index is 5.80. The van der Waals surface area contributed by atoms with Gasteiger partial charge in [-0.25, -0.2) is 0 Å². The SMILES string of the molecule is C[O][Sn]([O]C)([O]C)[c]1c2ccccc2cc2ccccc12. The third kappa shape index (κ3) is 2.34. The topological polar surface area (TPSA) is 27.7 Å². The Morgan fingerprint density at radius 1 is 0.667 bits per heavy atom. The van der Waals surface area contributed by atoms with Crippen molar-refractivity contribution in [3.8, 4) is 0 Å². The Balaban J connectivity index is 2.51. The Morgan fingerprint density at radius 2 is 1.10 bits per heavy atom. The molecule has 0 saturated carbocycles. The molecular formula is C17H18O3Sn. The molecule has 0 fully saturated rings. The maximum absolute atomic E-state index is 5.80. The van der Waals surface area contributed by atoms with E-state index in [-0.39, 0.29) is 0 Å². The van der Waals surface area contributed by atoms with E-state index >= 15 is 0 Å². The van der Waals surface area contributed by atoms with Crippen LogP contribution in [-0.4, -0.2) is 40.9 Å². The monoisotopic (exact) mass is 390 g/mol. The van der Waals surface area contributed by atoms with Gasteiger partial charge in [0.05, 0.1) is 0 Å². The van der Waals surface area contributed by atoms with Crippen LogP contribution < -0.4 is 3.58 Å². The van der Waals surface area contributed by atoms with E-state index in [1.165, 1.54) is 10.8 Å². The molecule has 0 aliphatic rings. The molecule has 0 N–H and O–H groups in total. The van der Waals surface area contributed by atoms with Gasteiger partial charge in [0.1, 0.15) is 0 Å². The van der Waals surface area contributed by atoms with Crippen LogP contribution in [0.15, 0.2) is 54.6 Å². The summed E-state index contributed by atoms with van der Waals surface area (Å²) in [5.41, 5.74) is 0. The normalized spacial score (nSPS) is 12.1. The van der Waals surface area contributed by atoms with Crippen molar-refractivity contribution < 1.29 is 9.22 Å². The molecule has 0 atom stereocenters. The fraction of sp³-hybridized carbons (Fsp3) is 0.176. The Labute approximate surface area is 129 Å². The van der Waals surface area contributed by atoms with Crippen LogP contribution in [0.2, 0.25) is 0 Å². The first-order chi connectivity index (χ1) is 10.3. The van der Waals surface area contributed by atoms with E-state index in [0.717, 1.165) is 14.4 Å². The van der Waals surface area contributed by atoms with Crippen molar-refractivity contribution >= 4 is 44.7 Å². The Hall–Kier alpha value is -1.14. The summed E-state index contributed by atoms with van der Waals surface area (Å²) < 4.78 is 18.5. The van der Waals surface area contributed by atoms with Crippen molar-refractivity contribution in [2.24, 2.45) is 0 Å². The van der Waals surface area contributed by atoms with E-state index in [9.17, 15) is 0 Å². The standard InChI is InChI=1S/C14H9.3CH3O.Sn/c1-2-6-12-10-14-8-4-3-7-13(14)9-11(12)5-1;3*1-2;/h1-9H;3*1H3;/q;3*-1;+3. The van der Waals surface area contributed by atoms with E-state index in [1.54, 1.807) is 21.3 Å². The number of fused-ring (bicyclic) bond motifs is 2. The van der Waals surface area contributed by atoms with Gasteiger partial charge >= 0.3 is 130 Å².